The Morgan fingerprint density at radius 3 is 2.83 bits per heavy atom. The molecule has 29 heavy (non-hydrogen) atoms. The molecule has 1 aromatic heterocycles. The van der Waals surface area contributed by atoms with Gasteiger partial charge in [0.05, 0.1) is 6.10 Å². The predicted molar refractivity (Wildman–Crippen MR) is 93.1 cm³/mol. The van der Waals surface area contributed by atoms with Crippen LogP contribution in [0.15, 0.2) is 20.8 Å². The number of alkyl halides is 3. The molecule has 1 aliphatic rings. The van der Waals surface area contributed by atoms with Crippen molar-refractivity contribution >= 4 is 12.4 Å². The van der Waals surface area contributed by atoms with E-state index in [2.05, 4.69) is 26.6 Å². The number of aromatic amines is 1. The Hall–Kier alpha value is -3.07. The largest absolute Gasteiger partial charge is 0.573 e. The molecule has 1 fully saturated rings. The molecule has 1 N–H and O–H groups in total. The van der Waals surface area contributed by atoms with E-state index in [0.29, 0.717) is 6.42 Å². The Bertz CT molecular complexity index is 941. The van der Waals surface area contributed by atoms with Gasteiger partial charge >= 0.3 is 18.0 Å². The molecular weight excluding hydrogens is 399 g/mol. The molecule has 1 aromatic rings. The van der Waals surface area contributed by atoms with E-state index < -0.39 is 42.0 Å². The second kappa shape index (κ2) is 9.42. The van der Waals surface area contributed by atoms with Gasteiger partial charge in [-0.2, -0.15) is 0 Å². The number of hydrogen-bond acceptors (Lipinski definition) is 7. The molecule has 1 saturated heterocycles. The Kier molecular flexibility index (Phi) is 7.22. The van der Waals surface area contributed by atoms with Gasteiger partial charge < -0.3 is 14.2 Å². The highest BCUT2D eigenvalue weighted by atomic mass is 19.4. The minimum atomic E-state index is -4.84. The zero-order valence-electron chi connectivity index (χ0n) is 15.5. The highest BCUT2D eigenvalue weighted by Gasteiger charge is 2.37. The van der Waals surface area contributed by atoms with E-state index in [1.165, 1.54) is 13.1 Å². The summed E-state index contributed by atoms with van der Waals surface area (Å²) in [5.74, 6) is 4.33. The van der Waals surface area contributed by atoms with Crippen LogP contribution in [0.2, 0.25) is 0 Å². The van der Waals surface area contributed by atoms with Crippen molar-refractivity contribution in [2.75, 3.05) is 6.54 Å². The number of hydrogen-bond donors (Lipinski definition) is 1. The lowest BCUT2D eigenvalue weighted by Gasteiger charge is -2.16. The quantitative estimate of drug-likeness (QED) is 0.332. The molecule has 0 aliphatic carbocycles. The molecule has 0 bridgehead atoms. The fraction of sp³-hybridized carbons (Fsp3) is 0.529. The zero-order chi connectivity index (χ0) is 21.6. The number of aliphatic imine (C=N–C) groups is 1. The van der Waals surface area contributed by atoms with Gasteiger partial charge in [-0.15, -0.1) is 13.2 Å². The Labute approximate surface area is 162 Å². The maximum atomic E-state index is 12.1. The first-order valence-electron chi connectivity index (χ1n) is 8.50. The van der Waals surface area contributed by atoms with Crippen LogP contribution in [0.3, 0.4) is 0 Å². The molecule has 0 radical (unpaired) electrons. The average Bonchev–Trinajstić information content (AvgIpc) is 3.00. The van der Waals surface area contributed by atoms with Crippen LogP contribution in [-0.2, 0) is 19.0 Å². The summed E-state index contributed by atoms with van der Waals surface area (Å²) in [5.41, 5.74) is -1.61. The van der Waals surface area contributed by atoms with Gasteiger partial charge in [0.1, 0.15) is 24.4 Å². The third-order valence-electron chi connectivity index (χ3n) is 3.83. The summed E-state index contributed by atoms with van der Waals surface area (Å²) in [6.45, 7) is 2.74. The van der Waals surface area contributed by atoms with Gasteiger partial charge in [-0.25, -0.2) is 9.79 Å². The van der Waals surface area contributed by atoms with E-state index in [1.54, 1.807) is 0 Å². The molecule has 1 aliphatic heterocycles. The van der Waals surface area contributed by atoms with Crippen molar-refractivity contribution in [1.82, 2.24) is 9.55 Å². The number of nitrogens with zero attached hydrogens (tertiary/aromatic N) is 2. The molecule has 0 unspecified atom stereocenters. The lowest BCUT2D eigenvalue weighted by atomic mass is 10.1. The van der Waals surface area contributed by atoms with Crippen LogP contribution in [0.4, 0.5) is 13.2 Å². The Balaban J connectivity index is 2.16. The van der Waals surface area contributed by atoms with Crippen molar-refractivity contribution in [2.45, 2.75) is 51.5 Å². The molecule has 0 amide bonds. The SMILES string of the molecule is CC[C@H]1O[C@@H](n2cc(C#CC/N=C\OC(F)(F)F)c(=O)[nH]c2=O)C[C@H]1OC(C)=O. The van der Waals surface area contributed by atoms with Crippen molar-refractivity contribution in [3.05, 3.63) is 32.6 Å². The lowest BCUT2D eigenvalue weighted by molar-refractivity contribution is -0.280. The standard InChI is InChI=1S/C17H18F3N3O6/c1-3-12-13(28-10(2)24)7-14(29-12)23-8-11(15(25)22-16(23)26)5-4-6-21-9-27-17(18,19)20/h8-9,12-14H,3,6-7H2,1-2H3,(H,22,25,26)/b21-9-/t12-,13-,14-/m1/s1. The molecule has 0 aromatic carbocycles. The van der Waals surface area contributed by atoms with Crippen molar-refractivity contribution < 1.29 is 32.2 Å². The van der Waals surface area contributed by atoms with Crippen LogP contribution in [0.1, 0.15) is 38.5 Å². The van der Waals surface area contributed by atoms with Crippen LogP contribution in [0.25, 0.3) is 0 Å². The van der Waals surface area contributed by atoms with Crippen molar-refractivity contribution in [3.63, 3.8) is 0 Å². The monoisotopic (exact) mass is 417 g/mol. The number of rotatable bonds is 5. The fourth-order valence-corrected chi connectivity index (χ4v) is 2.67. The van der Waals surface area contributed by atoms with Gasteiger partial charge in [-0.1, -0.05) is 18.8 Å². The smallest absolute Gasteiger partial charge is 0.460 e. The predicted octanol–water partition coefficient (Wildman–Crippen LogP) is 1.08. The number of ether oxygens (including phenoxy) is 3. The molecule has 12 heteroatoms. The highest BCUT2D eigenvalue weighted by Crippen LogP contribution is 2.31. The molecule has 2 heterocycles. The summed E-state index contributed by atoms with van der Waals surface area (Å²) in [6, 6.07) is 0. The Morgan fingerprint density at radius 2 is 2.21 bits per heavy atom. The van der Waals surface area contributed by atoms with Crippen LogP contribution < -0.4 is 11.2 Å². The molecule has 3 atom stereocenters. The van der Waals surface area contributed by atoms with E-state index in [1.807, 2.05) is 6.92 Å². The van der Waals surface area contributed by atoms with Crippen molar-refractivity contribution in [2.24, 2.45) is 4.99 Å². The first kappa shape index (κ1) is 22.2. The van der Waals surface area contributed by atoms with E-state index in [4.69, 9.17) is 9.47 Å². The number of nitrogens with one attached hydrogen (secondary N) is 1. The summed E-state index contributed by atoms with van der Waals surface area (Å²) >= 11 is 0. The van der Waals surface area contributed by atoms with E-state index >= 15 is 0 Å². The number of esters is 1. The normalized spacial score (nSPS) is 21.6. The highest BCUT2D eigenvalue weighted by molar-refractivity contribution is 5.66. The second-order valence-electron chi connectivity index (χ2n) is 5.94. The summed E-state index contributed by atoms with van der Waals surface area (Å²) in [7, 11) is 0. The Morgan fingerprint density at radius 1 is 1.48 bits per heavy atom. The van der Waals surface area contributed by atoms with Gasteiger partial charge in [0.15, 0.2) is 6.40 Å². The van der Waals surface area contributed by atoms with Crippen LogP contribution >= 0.6 is 0 Å². The average molecular weight is 417 g/mol. The number of H-pyrrole nitrogens is 1. The third kappa shape index (κ3) is 6.49. The van der Waals surface area contributed by atoms with Gasteiger partial charge in [0, 0.05) is 19.5 Å². The number of aromatic nitrogens is 2. The fourth-order valence-electron chi connectivity index (χ4n) is 2.67. The van der Waals surface area contributed by atoms with Gasteiger partial charge in [0.2, 0.25) is 0 Å². The lowest BCUT2D eigenvalue weighted by Crippen LogP contribution is -2.33. The zero-order valence-corrected chi connectivity index (χ0v) is 15.5. The van der Waals surface area contributed by atoms with E-state index in [9.17, 15) is 27.6 Å². The van der Waals surface area contributed by atoms with Gasteiger partial charge in [0.25, 0.3) is 5.56 Å². The molecule has 0 spiro atoms. The van der Waals surface area contributed by atoms with Crippen LogP contribution in [-0.4, -0.2) is 47.0 Å². The van der Waals surface area contributed by atoms with Crippen molar-refractivity contribution in [3.8, 4) is 11.8 Å². The van der Waals surface area contributed by atoms with Crippen LogP contribution in [0.5, 0.6) is 0 Å². The third-order valence-corrected chi connectivity index (χ3v) is 3.83. The summed E-state index contributed by atoms with van der Waals surface area (Å²) in [4.78, 5) is 40.6. The van der Waals surface area contributed by atoms with E-state index in [0.717, 1.165) is 4.57 Å². The minimum absolute atomic E-state index is 0.107. The maximum Gasteiger partial charge on any atom is 0.573 e. The first-order valence-corrected chi connectivity index (χ1v) is 8.50. The van der Waals surface area contributed by atoms with Gasteiger partial charge in [-0.05, 0) is 6.42 Å². The van der Waals surface area contributed by atoms with Crippen LogP contribution in [0, 0.1) is 11.8 Å². The van der Waals surface area contributed by atoms with Gasteiger partial charge in [-0.3, -0.25) is 19.1 Å². The van der Waals surface area contributed by atoms with E-state index in [-0.39, 0.29) is 24.9 Å². The molecular formula is C17H18F3N3O6. The van der Waals surface area contributed by atoms with Crippen molar-refractivity contribution in [1.29, 1.82) is 0 Å². The molecule has 2 rings (SSSR count). The molecule has 158 valence electrons. The summed E-state index contributed by atoms with van der Waals surface area (Å²) in [5, 5.41) is 0. The minimum Gasteiger partial charge on any atom is -0.460 e. The number of carbonyl (C=O) groups excluding carboxylic acids is 1. The first-order chi connectivity index (χ1) is 13.6. The summed E-state index contributed by atoms with van der Waals surface area (Å²) < 4.78 is 50.8. The second-order valence-corrected chi connectivity index (χ2v) is 5.94. The molecule has 9 nitrogen and oxygen atoms in total. The molecule has 0 saturated carbocycles. The number of halogens is 3. The maximum absolute atomic E-state index is 12.1. The number of carbonyl (C=O) groups is 1. The topological polar surface area (TPSA) is 112 Å². The summed E-state index contributed by atoms with van der Waals surface area (Å²) in [6.07, 6.45) is -4.46.